The van der Waals surface area contributed by atoms with Gasteiger partial charge in [0.05, 0.1) is 47.8 Å². The Morgan fingerprint density at radius 3 is 2.71 bits per heavy atom. The Morgan fingerprint density at radius 1 is 1.09 bits per heavy atom. The first-order valence-electron chi connectivity index (χ1n) is 10.8. The number of aromatic amines is 1. The summed E-state index contributed by atoms with van der Waals surface area (Å²) in [6.07, 6.45) is 3.43. The molecule has 0 atom stereocenters. The summed E-state index contributed by atoms with van der Waals surface area (Å²) in [6, 6.07) is 15.3. The molecular weight excluding hydrogens is 428 g/mol. The number of aromatic nitrogens is 7. The lowest BCUT2D eigenvalue weighted by molar-refractivity contribution is 0.0736. The fraction of sp³-hybridized carbons (Fsp3) is 0.200. The average molecular weight is 451 g/mol. The van der Waals surface area contributed by atoms with Crippen LogP contribution >= 0.6 is 0 Å². The van der Waals surface area contributed by atoms with Gasteiger partial charge in [-0.15, -0.1) is 5.10 Å². The van der Waals surface area contributed by atoms with Gasteiger partial charge in [0.1, 0.15) is 16.8 Å². The van der Waals surface area contributed by atoms with Crippen molar-refractivity contribution in [3.8, 4) is 28.6 Å². The molecule has 0 amide bonds. The maximum absolute atomic E-state index is 10.3. The maximum Gasteiger partial charge on any atom is 0.158 e. The summed E-state index contributed by atoms with van der Waals surface area (Å²) in [5, 5.41) is 28.3. The summed E-state index contributed by atoms with van der Waals surface area (Å²) in [6.45, 7) is 5.73. The van der Waals surface area contributed by atoms with E-state index in [-0.39, 0.29) is 0 Å². The van der Waals surface area contributed by atoms with Crippen molar-refractivity contribution in [2.75, 3.05) is 0 Å². The highest BCUT2D eigenvalue weighted by Crippen LogP contribution is 2.31. The molecule has 0 saturated carbocycles. The zero-order chi connectivity index (χ0) is 23.9. The average Bonchev–Trinajstić information content (AvgIpc) is 3.48. The Kier molecular flexibility index (Phi) is 5.15. The highest BCUT2D eigenvalue weighted by Gasteiger charge is 2.19. The normalized spacial score (nSPS) is 11.6. The Bertz CT molecular complexity index is 1550. The molecule has 0 aliphatic rings. The molecule has 0 radical (unpaired) electrons. The van der Waals surface area contributed by atoms with E-state index in [9.17, 15) is 10.4 Å². The first-order chi connectivity index (χ1) is 16.3. The smallest absolute Gasteiger partial charge is 0.158 e. The molecule has 5 rings (SSSR count). The molecule has 168 valence electrons. The summed E-state index contributed by atoms with van der Waals surface area (Å²) >= 11 is 0. The van der Waals surface area contributed by atoms with Crippen molar-refractivity contribution in [2.45, 2.75) is 32.9 Å². The van der Waals surface area contributed by atoms with Crippen molar-refractivity contribution in [2.24, 2.45) is 0 Å². The molecule has 34 heavy (non-hydrogen) atoms. The molecule has 4 aromatic heterocycles. The molecule has 9 heteroatoms. The van der Waals surface area contributed by atoms with Crippen LogP contribution in [-0.4, -0.2) is 40.0 Å². The van der Waals surface area contributed by atoms with Crippen molar-refractivity contribution in [3.63, 3.8) is 0 Å². The van der Waals surface area contributed by atoms with Gasteiger partial charge >= 0.3 is 0 Å². The van der Waals surface area contributed by atoms with E-state index in [1.165, 1.54) is 0 Å². The van der Waals surface area contributed by atoms with E-state index >= 15 is 0 Å². The van der Waals surface area contributed by atoms with Gasteiger partial charge in [-0.2, -0.15) is 5.26 Å². The monoisotopic (exact) mass is 450 g/mol. The molecule has 5 aromatic rings. The number of imidazole rings is 1. The van der Waals surface area contributed by atoms with Crippen molar-refractivity contribution < 1.29 is 5.11 Å². The van der Waals surface area contributed by atoms with Crippen LogP contribution in [0.1, 0.15) is 36.4 Å². The minimum atomic E-state index is -1.02. The topological polar surface area (TPSA) is 129 Å². The second-order valence-corrected chi connectivity index (χ2v) is 8.62. The van der Waals surface area contributed by atoms with Crippen LogP contribution < -0.4 is 0 Å². The molecule has 0 aliphatic carbocycles. The number of pyridine rings is 2. The number of benzene rings is 1. The molecule has 0 saturated heterocycles. The van der Waals surface area contributed by atoms with Crippen LogP contribution in [0.3, 0.4) is 0 Å². The minimum Gasteiger partial charge on any atom is -0.384 e. The van der Waals surface area contributed by atoms with Crippen LogP contribution in [-0.2, 0) is 12.1 Å². The van der Waals surface area contributed by atoms with Gasteiger partial charge in [0.15, 0.2) is 5.65 Å². The Balaban J connectivity index is 1.54. The predicted octanol–water partition coefficient (Wildman–Crippen LogP) is 3.73. The predicted molar refractivity (Wildman–Crippen MR) is 126 cm³/mol. The van der Waals surface area contributed by atoms with Gasteiger partial charge in [-0.3, -0.25) is 4.98 Å². The zero-order valence-corrected chi connectivity index (χ0v) is 19.0. The molecular formula is C25H22N8O. The van der Waals surface area contributed by atoms with Crippen LogP contribution in [0.2, 0.25) is 0 Å². The lowest BCUT2D eigenvalue weighted by Gasteiger charge is -2.17. The lowest BCUT2D eigenvalue weighted by Crippen LogP contribution is -2.18. The Morgan fingerprint density at radius 2 is 1.91 bits per heavy atom. The number of rotatable bonds is 5. The second-order valence-electron chi connectivity index (χ2n) is 8.62. The number of nitrogens with one attached hydrogen (secondary N) is 1. The second kappa shape index (κ2) is 8.17. The van der Waals surface area contributed by atoms with Crippen molar-refractivity contribution in [3.05, 3.63) is 77.5 Å². The third kappa shape index (κ3) is 3.91. The third-order valence-electron chi connectivity index (χ3n) is 5.69. The fourth-order valence-corrected chi connectivity index (χ4v) is 3.87. The van der Waals surface area contributed by atoms with Gasteiger partial charge in [-0.1, -0.05) is 23.4 Å². The molecule has 0 spiro atoms. The highest BCUT2D eigenvalue weighted by molar-refractivity contribution is 5.91. The van der Waals surface area contributed by atoms with Gasteiger partial charge in [-0.25, -0.2) is 14.6 Å². The van der Waals surface area contributed by atoms with E-state index in [0.717, 1.165) is 28.1 Å². The number of nitriles is 1. The summed E-state index contributed by atoms with van der Waals surface area (Å²) in [7, 11) is 0. The maximum atomic E-state index is 10.3. The van der Waals surface area contributed by atoms with E-state index in [1.807, 2.05) is 43.5 Å². The molecule has 4 heterocycles. The van der Waals surface area contributed by atoms with E-state index in [4.69, 9.17) is 4.98 Å². The number of fused-ring (bicyclic) bond motifs is 1. The van der Waals surface area contributed by atoms with Crippen LogP contribution in [0.5, 0.6) is 0 Å². The SMILES string of the molecule is Cc1c(C#N)cccc1-c1cc(-c2cn(Cc3cccc(C(C)(C)O)n3)nn2)c2nc[nH]c2n1. The lowest BCUT2D eigenvalue weighted by atomic mass is 9.99. The van der Waals surface area contributed by atoms with Crippen molar-refractivity contribution in [1.29, 1.82) is 5.26 Å². The summed E-state index contributed by atoms with van der Waals surface area (Å²) in [5.74, 6) is 0. The number of H-pyrrole nitrogens is 1. The van der Waals surface area contributed by atoms with Crippen LogP contribution in [0.15, 0.2) is 55.0 Å². The van der Waals surface area contributed by atoms with Crippen LogP contribution in [0, 0.1) is 18.3 Å². The fourth-order valence-electron chi connectivity index (χ4n) is 3.87. The molecule has 0 bridgehead atoms. The van der Waals surface area contributed by atoms with Crippen molar-refractivity contribution >= 4 is 11.2 Å². The summed E-state index contributed by atoms with van der Waals surface area (Å²) in [4.78, 5) is 16.8. The number of nitrogens with zero attached hydrogens (tertiary/aromatic N) is 7. The Labute approximate surface area is 195 Å². The molecule has 0 unspecified atom stereocenters. The van der Waals surface area contributed by atoms with E-state index in [0.29, 0.717) is 34.7 Å². The van der Waals surface area contributed by atoms with Gasteiger partial charge in [-0.05, 0) is 50.6 Å². The van der Waals surface area contributed by atoms with Crippen molar-refractivity contribution in [1.82, 2.24) is 34.9 Å². The van der Waals surface area contributed by atoms with E-state index in [1.54, 1.807) is 37.0 Å². The first kappa shape index (κ1) is 21.4. The molecule has 1 aromatic carbocycles. The minimum absolute atomic E-state index is 0.405. The largest absolute Gasteiger partial charge is 0.384 e. The molecule has 9 nitrogen and oxygen atoms in total. The molecule has 2 N–H and O–H groups in total. The third-order valence-corrected chi connectivity index (χ3v) is 5.69. The standard InChI is InChI=1S/C25H22N8O/c1-15-16(11-26)6-4-8-18(15)20-10-19(23-24(30-20)28-14-27-23)21-13-33(32-31-21)12-17-7-5-9-22(29-17)25(2,3)34/h4-10,13-14,34H,12H2,1-3H3,(H,27,28,30). The van der Waals surface area contributed by atoms with E-state index in [2.05, 4.69) is 31.3 Å². The van der Waals surface area contributed by atoms with Crippen LogP contribution in [0.4, 0.5) is 0 Å². The zero-order valence-electron chi connectivity index (χ0n) is 19.0. The Hall–Kier alpha value is -4.42. The summed E-state index contributed by atoms with van der Waals surface area (Å²) < 4.78 is 1.70. The van der Waals surface area contributed by atoms with Gasteiger partial charge in [0, 0.05) is 11.1 Å². The number of hydrogen-bond acceptors (Lipinski definition) is 7. The number of hydrogen-bond donors (Lipinski definition) is 2. The number of aliphatic hydroxyl groups is 1. The van der Waals surface area contributed by atoms with Gasteiger partial charge in [0.2, 0.25) is 0 Å². The molecule has 0 fully saturated rings. The first-order valence-corrected chi connectivity index (χ1v) is 10.8. The van der Waals surface area contributed by atoms with Crippen LogP contribution in [0.25, 0.3) is 33.7 Å². The van der Waals surface area contributed by atoms with E-state index < -0.39 is 5.60 Å². The highest BCUT2D eigenvalue weighted by atomic mass is 16.3. The summed E-state index contributed by atoms with van der Waals surface area (Å²) in [5.41, 5.74) is 6.14. The van der Waals surface area contributed by atoms with Gasteiger partial charge in [0.25, 0.3) is 0 Å². The van der Waals surface area contributed by atoms with Gasteiger partial charge < -0.3 is 10.1 Å². The molecule has 0 aliphatic heterocycles. The quantitative estimate of drug-likeness (QED) is 0.417.